The van der Waals surface area contributed by atoms with E-state index in [0.29, 0.717) is 0 Å². The number of hydrogen-bond donors (Lipinski definition) is 0. The number of hydrogen-bond acceptors (Lipinski definition) is 2. The Kier molecular flexibility index (Phi) is 6.20. The van der Waals surface area contributed by atoms with Gasteiger partial charge in [0.05, 0.1) is 5.56 Å². The van der Waals surface area contributed by atoms with E-state index in [1.165, 1.54) is 31.2 Å². The quantitative estimate of drug-likeness (QED) is 0.424. The normalized spacial score (nSPS) is 11.0. The van der Waals surface area contributed by atoms with Crippen molar-refractivity contribution < 1.29 is 9.21 Å². The van der Waals surface area contributed by atoms with Crippen LogP contribution in [0.15, 0.2) is 28.7 Å². The van der Waals surface area contributed by atoms with Gasteiger partial charge in [-0.25, -0.2) is 0 Å². The van der Waals surface area contributed by atoms with Crippen molar-refractivity contribution in [1.29, 1.82) is 0 Å². The lowest BCUT2D eigenvalue weighted by Gasteiger charge is -2.06. The highest BCUT2D eigenvalue weighted by molar-refractivity contribution is 6.02. The first-order chi connectivity index (χ1) is 11.0. The molecular weight excluding hydrogens is 284 g/mol. The third-order valence-electron chi connectivity index (χ3n) is 4.36. The minimum Gasteiger partial charge on any atom is -0.465 e. The molecule has 2 nitrogen and oxygen atoms in total. The molecule has 0 unspecified atom stereocenters. The Morgan fingerprint density at radius 1 is 1.00 bits per heavy atom. The van der Waals surface area contributed by atoms with Crippen molar-refractivity contribution in [2.75, 3.05) is 0 Å². The third-order valence-corrected chi connectivity index (χ3v) is 4.36. The predicted octanol–water partition coefficient (Wildman–Crippen LogP) is 6.28. The van der Waals surface area contributed by atoms with Gasteiger partial charge in [0.25, 0.3) is 0 Å². The molecule has 0 aliphatic heterocycles. The Hall–Kier alpha value is -1.83. The van der Waals surface area contributed by atoms with E-state index < -0.39 is 0 Å². The maximum atomic E-state index is 12.1. The molecule has 124 valence electrons. The minimum atomic E-state index is 0.0825. The third kappa shape index (κ3) is 4.34. The van der Waals surface area contributed by atoms with Crippen molar-refractivity contribution in [3.8, 4) is 11.1 Å². The molecule has 0 radical (unpaired) electrons. The van der Waals surface area contributed by atoms with Crippen LogP contribution >= 0.6 is 0 Å². The van der Waals surface area contributed by atoms with E-state index in [-0.39, 0.29) is 5.78 Å². The number of rotatable bonds is 8. The molecule has 0 atom stereocenters. The Labute approximate surface area is 139 Å². The van der Waals surface area contributed by atoms with E-state index in [1.54, 1.807) is 6.92 Å². The molecule has 0 aliphatic rings. The first-order valence-electron chi connectivity index (χ1n) is 8.74. The summed E-state index contributed by atoms with van der Waals surface area (Å²) in [6.07, 6.45) is 7.06. The summed E-state index contributed by atoms with van der Waals surface area (Å²) in [5.74, 6) is 1.80. The Bertz CT molecular complexity index is 647. The second-order valence-electron chi connectivity index (χ2n) is 6.42. The topological polar surface area (TPSA) is 30.2 Å². The van der Waals surface area contributed by atoms with Crippen LogP contribution in [0.5, 0.6) is 0 Å². The van der Waals surface area contributed by atoms with Crippen molar-refractivity contribution in [1.82, 2.24) is 0 Å². The van der Waals surface area contributed by atoms with Gasteiger partial charge < -0.3 is 4.42 Å². The van der Waals surface area contributed by atoms with Gasteiger partial charge in [-0.05, 0) is 32.8 Å². The summed E-state index contributed by atoms with van der Waals surface area (Å²) in [6, 6.07) is 8.36. The van der Waals surface area contributed by atoms with Crippen molar-refractivity contribution in [3.05, 3.63) is 46.9 Å². The van der Waals surface area contributed by atoms with Crippen LogP contribution in [0.1, 0.15) is 73.4 Å². The maximum absolute atomic E-state index is 12.1. The highest BCUT2D eigenvalue weighted by Crippen LogP contribution is 2.34. The molecule has 0 fully saturated rings. The van der Waals surface area contributed by atoms with Crippen LogP contribution in [0, 0.1) is 13.8 Å². The van der Waals surface area contributed by atoms with Gasteiger partial charge in [0, 0.05) is 12.0 Å². The number of Topliss-reactive ketones (excluding diaryl/α,β-unsaturated/α-hetero) is 1. The van der Waals surface area contributed by atoms with E-state index >= 15 is 0 Å². The van der Waals surface area contributed by atoms with Crippen LogP contribution < -0.4 is 0 Å². The standard InChI is InChI=1S/C21H28O2/c1-5-6-7-8-9-10-19-21(18-13-11-15(2)12-14-18)20(16(3)22)17(4)23-19/h11-14H,5-10H2,1-4H3. The monoisotopic (exact) mass is 312 g/mol. The highest BCUT2D eigenvalue weighted by atomic mass is 16.3. The van der Waals surface area contributed by atoms with Crippen LogP contribution in [0.4, 0.5) is 0 Å². The number of ketones is 1. The van der Waals surface area contributed by atoms with Crippen molar-refractivity contribution in [3.63, 3.8) is 0 Å². The lowest BCUT2D eigenvalue weighted by atomic mass is 9.95. The fraction of sp³-hybridized carbons (Fsp3) is 0.476. The van der Waals surface area contributed by atoms with Crippen molar-refractivity contribution in [2.24, 2.45) is 0 Å². The lowest BCUT2D eigenvalue weighted by Crippen LogP contribution is -1.97. The zero-order valence-corrected chi connectivity index (χ0v) is 14.9. The molecule has 0 saturated carbocycles. The van der Waals surface area contributed by atoms with Crippen LogP contribution in [0.3, 0.4) is 0 Å². The highest BCUT2D eigenvalue weighted by Gasteiger charge is 2.21. The molecule has 0 spiro atoms. The number of furan rings is 1. The van der Waals surface area contributed by atoms with Gasteiger partial charge in [0.15, 0.2) is 5.78 Å². The van der Waals surface area contributed by atoms with Gasteiger partial charge in [-0.15, -0.1) is 0 Å². The maximum Gasteiger partial charge on any atom is 0.163 e. The number of aryl methyl sites for hydroxylation is 3. The largest absolute Gasteiger partial charge is 0.465 e. The number of carbonyl (C=O) groups is 1. The number of benzene rings is 1. The van der Waals surface area contributed by atoms with E-state index in [0.717, 1.165) is 41.1 Å². The van der Waals surface area contributed by atoms with Crippen LogP contribution in [-0.4, -0.2) is 5.78 Å². The Balaban J connectivity index is 2.29. The van der Waals surface area contributed by atoms with Gasteiger partial charge in [-0.3, -0.25) is 4.79 Å². The minimum absolute atomic E-state index is 0.0825. The summed E-state index contributed by atoms with van der Waals surface area (Å²) >= 11 is 0. The number of unbranched alkanes of at least 4 members (excludes halogenated alkanes) is 4. The average molecular weight is 312 g/mol. The molecule has 1 aromatic carbocycles. The van der Waals surface area contributed by atoms with E-state index in [9.17, 15) is 4.79 Å². The van der Waals surface area contributed by atoms with Gasteiger partial charge in [0.2, 0.25) is 0 Å². The van der Waals surface area contributed by atoms with Crippen LogP contribution in [-0.2, 0) is 6.42 Å². The second-order valence-corrected chi connectivity index (χ2v) is 6.42. The van der Waals surface area contributed by atoms with Crippen LogP contribution in [0.2, 0.25) is 0 Å². The van der Waals surface area contributed by atoms with Gasteiger partial charge >= 0.3 is 0 Å². The van der Waals surface area contributed by atoms with Crippen LogP contribution in [0.25, 0.3) is 11.1 Å². The van der Waals surface area contributed by atoms with Gasteiger partial charge in [-0.2, -0.15) is 0 Å². The molecule has 2 rings (SSSR count). The fourth-order valence-electron chi connectivity index (χ4n) is 3.12. The molecule has 0 amide bonds. The zero-order valence-electron chi connectivity index (χ0n) is 14.9. The van der Waals surface area contributed by atoms with E-state index in [1.807, 2.05) is 6.92 Å². The second kappa shape index (κ2) is 8.14. The molecule has 2 aromatic rings. The predicted molar refractivity (Wildman–Crippen MR) is 96.1 cm³/mol. The molecule has 23 heavy (non-hydrogen) atoms. The lowest BCUT2D eigenvalue weighted by molar-refractivity contribution is 0.101. The summed E-state index contributed by atoms with van der Waals surface area (Å²) < 4.78 is 5.98. The summed E-state index contributed by atoms with van der Waals surface area (Å²) in [6.45, 7) is 7.82. The zero-order chi connectivity index (χ0) is 16.8. The summed E-state index contributed by atoms with van der Waals surface area (Å²) in [7, 11) is 0. The molecular formula is C21H28O2. The molecule has 0 aliphatic carbocycles. The average Bonchev–Trinajstić information content (AvgIpc) is 2.84. The van der Waals surface area contributed by atoms with E-state index in [2.05, 4.69) is 38.1 Å². The molecule has 0 bridgehead atoms. The fourth-order valence-corrected chi connectivity index (χ4v) is 3.12. The molecule has 0 N–H and O–H groups in total. The van der Waals surface area contributed by atoms with Crippen molar-refractivity contribution >= 4 is 5.78 Å². The molecule has 1 heterocycles. The smallest absolute Gasteiger partial charge is 0.163 e. The summed E-state index contributed by atoms with van der Waals surface area (Å²) in [5, 5.41) is 0. The van der Waals surface area contributed by atoms with Crippen molar-refractivity contribution in [2.45, 2.75) is 66.2 Å². The molecule has 2 heteroatoms. The molecule has 1 aromatic heterocycles. The Morgan fingerprint density at radius 2 is 1.65 bits per heavy atom. The SMILES string of the molecule is CCCCCCCc1oc(C)c(C(C)=O)c1-c1ccc(C)cc1. The summed E-state index contributed by atoms with van der Waals surface area (Å²) in [5.41, 5.74) is 4.06. The first kappa shape index (κ1) is 17.5. The summed E-state index contributed by atoms with van der Waals surface area (Å²) in [4.78, 5) is 12.1. The first-order valence-corrected chi connectivity index (χ1v) is 8.74. The number of carbonyl (C=O) groups excluding carboxylic acids is 1. The van der Waals surface area contributed by atoms with Gasteiger partial charge in [-0.1, -0.05) is 62.4 Å². The van der Waals surface area contributed by atoms with E-state index in [4.69, 9.17) is 4.42 Å². The Morgan fingerprint density at radius 3 is 2.26 bits per heavy atom. The van der Waals surface area contributed by atoms with Gasteiger partial charge in [0.1, 0.15) is 11.5 Å². The molecule has 0 saturated heterocycles.